The van der Waals surface area contributed by atoms with Crippen molar-refractivity contribution in [3.8, 4) is 5.75 Å². The molecule has 168 valence electrons. The Morgan fingerprint density at radius 2 is 1.78 bits per heavy atom. The molecule has 4 rings (SSSR count). The van der Waals surface area contributed by atoms with Crippen molar-refractivity contribution < 1.29 is 4.74 Å². The second kappa shape index (κ2) is 10.7. The van der Waals surface area contributed by atoms with Crippen molar-refractivity contribution in [2.45, 2.75) is 13.0 Å². The number of nitrogens with one attached hydrogen (secondary N) is 1. The van der Waals surface area contributed by atoms with Gasteiger partial charge in [-0.25, -0.2) is 4.98 Å². The first-order chi connectivity index (χ1) is 15.8. The molecule has 1 N–H and O–H groups in total. The Morgan fingerprint density at radius 1 is 1.03 bits per heavy atom. The van der Waals surface area contributed by atoms with Gasteiger partial charge in [-0.1, -0.05) is 42.5 Å². The van der Waals surface area contributed by atoms with Crippen LogP contribution in [0, 0.1) is 0 Å². The summed E-state index contributed by atoms with van der Waals surface area (Å²) in [7, 11) is 3.58. The molecule has 0 amide bonds. The molecule has 2 heterocycles. The van der Waals surface area contributed by atoms with E-state index < -0.39 is 0 Å². The first-order valence-electron chi connectivity index (χ1n) is 11.2. The highest BCUT2D eigenvalue weighted by Crippen LogP contribution is 2.28. The lowest BCUT2D eigenvalue weighted by Gasteiger charge is -2.38. The van der Waals surface area contributed by atoms with Gasteiger partial charge in [0.25, 0.3) is 0 Å². The highest BCUT2D eigenvalue weighted by Gasteiger charge is 2.21. The van der Waals surface area contributed by atoms with Gasteiger partial charge >= 0.3 is 0 Å². The number of methoxy groups -OCH3 is 1. The van der Waals surface area contributed by atoms with Crippen LogP contribution in [-0.2, 0) is 13.0 Å². The number of guanidine groups is 1. The number of piperazine rings is 1. The zero-order valence-electron chi connectivity index (χ0n) is 18.9. The number of hydrogen-bond donors (Lipinski definition) is 1. The first-order valence-corrected chi connectivity index (χ1v) is 11.2. The molecule has 1 aromatic heterocycles. The number of benzene rings is 2. The number of anilines is 1. The van der Waals surface area contributed by atoms with Gasteiger partial charge < -0.3 is 24.4 Å². The smallest absolute Gasteiger partial charge is 0.193 e. The van der Waals surface area contributed by atoms with E-state index in [1.807, 2.05) is 37.6 Å². The van der Waals surface area contributed by atoms with Crippen molar-refractivity contribution in [1.82, 2.24) is 19.8 Å². The van der Waals surface area contributed by atoms with E-state index in [1.54, 1.807) is 7.11 Å². The second-order valence-corrected chi connectivity index (χ2v) is 7.83. The minimum atomic E-state index is 0.797. The summed E-state index contributed by atoms with van der Waals surface area (Å²) in [5, 5.41) is 3.53. The third-order valence-corrected chi connectivity index (χ3v) is 5.85. The van der Waals surface area contributed by atoms with E-state index >= 15 is 0 Å². The van der Waals surface area contributed by atoms with Gasteiger partial charge in [0, 0.05) is 65.1 Å². The Bertz CT molecular complexity index is 1010. The van der Waals surface area contributed by atoms with Crippen LogP contribution in [0.15, 0.2) is 72.0 Å². The van der Waals surface area contributed by atoms with Crippen molar-refractivity contribution >= 4 is 11.6 Å². The molecule has 1 fully saturated rings. The van der Waals surface area contributed by atoms with Gasteiger partial charge in [0.1, 0.15) is 11.6 Å². The molecule has 0 saturated carbocycles. The minimum Gasteiger partial charge on any atom is -0.495 e. The van der Waals surface area contributed by atoms with E-state index in [0.717, 1.165) is 68.9 Å². The molecule has 32 heavy (non-hydrogen) atoms. The van der Waals surface area contributed by atoms with Gasteiger partial charge in [0.2, 0.25) is 0 Å². The Kier molecular flexibility index (Phi) is 7.27. The molecule has 0 spiro atoms. The summed E-state index contributed by atoms with van der Waals surface area (Å²) >= 11 is 0. The van der Waals surface area contributed by atoms with E-state index in [9.17, 15) is 0 Å². The third kappa shape index (κ3) is 5.22. The summed E-state index contributed by atoms with van der Waals surface area (Å²) < 4.78 is 7.74. The summed E-state index contributed by atoms with van der Waals surface area (Å²) in [4.78, 5) is 13.8. The van der Waals surface area contributed by atoms with Gasteiger partial charge in [-0.15, -0.1) is 0 Å². The highest BCUT2D eigenvalue weighted by atomic mass is 16.5. The summed E-state index contributed by atoms with van der Waals surface area (Å²) in [5.74, 6) is 2.96. The quantitative estimate of drug-likeness (QED) is 0.460. The number of ether oxygens (including phenoxy) is 1. The number of rotatable bonds is 7. The maximum absolute atomic E-state index is 5.53. The Hall–Kier alpha value is -3.48. The number of nitrogens with zero attached hydrogens (tertiary/aromatic N) is 5. The van der Waals surface area contributed by atoms with Crippen LogP contribution in [0.5, 0.6) is 5.75 Å². The molecule has 0 radical (unpaired) electrons. The van der Waals surface area contributed by atoms with Crippen molar-refractivity contribution in [3.05, 3.63) is 78.4 Å². The number of para-hydroxylation sites is 2. The predicted octanol–water partition coefficient (Wildman–Crippen LogP) is 2.88. The zero-order chi connectivity index (χ0) is 22.2. The summed E-state index contributed by atoms with van der Waals surface area (Å²) in [6.07, 6.45) is 4.78. The van der Waals surface area contributed by atoms with Gasteiger partial charge in [-0.2, -0.15) is 0 Å². The molecule has 0 aliphatic carbocycles. The van der Waals surface area contributed by atoms with Gasteiger partial charge in [-0.3, -0.25) is 4.99 Å². The number of aromatic nitrogens is 2. The molecule has 0 bridgehead atoms. The molecule has 7 heteroatoms. The Balaban J connectivity index is 1.28. The van der Waals surface area contributed by atoms with Crippen molar-refractivity contribution in [2.24, 2.45) is 4.99 Å². The van der Waals surface area contributed by atoms with Crippen LogP contribution in [0.25, 0.3) is 0 Å². The fraction of sp³-hybridized carbons (Fsp3) is 0.360. The van der Waals surface area contributed by atoms with E-state index in [4.69, 9.17) is 4.74 Å². The molecule has 1 saturated heterocycles. The Morgan fingerprint density at radius 3 is 2.53 bits per heavy atom. The normalized spacial score (nSPS) is 14.5. The summed E-state index contributed by atoms with van der Waals surface area (Å²) in [5.41, 5.74) is 2.44. The lowest BCUT2D eigenvalue weighted by Crippen LogP contribution is -2.52. The fourth-order valence-electron chi connectivity index (χ4n) is 4.16. The second-order valence-electron chi connectivity index (χ2n) is 7.83. The lowest BCUT2D eigenvalue weighted by atomic mass is 10.2. The highest BCUT2D eigenvalue weighted by molar-refractivity contribution is 5.80. The molecule has 0 atom stereocenters. The van der Waals surface area contributed by atoms with Gasteiger partial charge in [0.05, 0.1) is 12.8 Å². The van der Waals surface area contributed by atoms with E-state index in [2.05, 4.69) is 66.1 Å². The summed E-state index contributed by atoms with van der Waals surface area (Å²) in [6, 6.07) is 18.7. The van der Waals surface area contributed by atoms with Crippen LogP contribution in [0.3, 0.4) is 0 Å². The van der Waals surface area contributed by atoms with Crippen LogP contribution >= 0.6 is 0 Å². The van der Waals surface area contributed by atoms with E-state index in [1.165, 1.54) is 5.56 Å². The van der Waals surface area contributed by atoms with Crippen LogP contribution in [0.2, 0.25) is 0 Å². The van der Waals surface area contributed by atoms with Crippen LogP contribution in [-0.4, -0.2) is 67.3 Å². The number of imidazole rings is 1. The Labute approximate surface area is 190 Å². The predicted molar refractivity (Wildman–Crippen MR) is 130 cm³/mol. The zero-order valence-corrected chi connectivity index (χ0v) is 18.9. The fourth-order valence-corrected chi connectivity index (χ4v) is 4.16. The molecular weight excluding hydrogens is 400 g/mol. The van der Waals surface area contributed by atoms with Crippen molar-refractivity contribution in [2.75, 3.05) is 51.8 Å². The molecular formula is C25H32N6O. The third-order valence-electron chi connectivity index (χ3n) is 5.85. The van der Waals surface area contributed by atoms with Crippen LogP contribution in [0.4, 0.5) is 5.69 Å². The monoisotopic (exact) mass is 432 g/mol. The minimum absolute atomic E-state index is 0.797. The average molecular weight is 433 g/mol. The topological polar surface area (TPSA) is 57.9 Å². The molecule has 7 nitrogen and oxygen atoms in total. The molecule has 1 aliphatic rings. The van der Waals surface area contributed by atoms with Gasteiger partial charge in [0.15, 0.2) is 5.96 Å². The number of aliphatic imine (C=N–C) groups is 1. The van der Waals surface area contributed by atoms with E-state index in [-0.39, 0.29) is 0 Å². The van der Waals surface area contributed by atoms with Gasteiger partial charge in [-0.05, 0) is 17.7 Å². The molecule has 2 aromatic carbocycles. The van der Waals surface area contributed by atoms with Crippen molar-refractivity contribution in [1.29, 1.82) is 0 Å². The molecule has 3 aromatic rings. The summed E-state index contributed by atoms with van der Waals surface area (Å²) in [6.45, 7) is 5.34. The van der Waals surface area contributed by atoms with Crippen molar-refractivity contribution in [3.63, 3.8) is 0 Å². The largest absolute Gasteiger partial charge is 0.495 e. The standard InChI is InChI=1S/C25H32N6O/c1-26-25(30-18-16-29(17-19-30)22-10-6-7-11-23(22)32-2)28-13-12-24-27-14-15-31(24)20-21-8-4-3-5-9-21/h3-11,14-15H,12-13,16-20H2,1-2H3,(H,26,28). The first kappa shape index (κ1) is 21.7. The lowest BCUT2D eigenvalue weighted by molar-refractivity contribution is 0.367. The maximum Gasteiger partial charge on any atom is 0.193 e. The average Bonchev–Trinajstić information content (AvgIpc) is 3.29. The molecule has 1 aliphatic heterocycles. The molecule has 0 unspecified atom stereocenters. The van der Waals surface area contributed by atoms with E-state index in [0.29, 0.717) is 0 Å². The SMILES string of the molecule is CN=C(NCCc1nccn1Cc1ccccc1)N1CCN(c2ccccc2OC)CC1. The van der Waals surface area contributed by atoms with Crippen LogP contribution in [0.1, 0.15) is 11.4 Å². The number of hydrogen-bond acceptors (Lipinski definition) is 4. The maximum atomic E-state index is 5.53. The van der Waals surface area contributed by atoms with Crippen LogP contribution < -0.4 is 15.0 Å².